The Hall–Kier alpha value is -0.860. The first-order valence-corrected chi connectivity index (χ1v) is 9.52. The molecule has 0 spiro atoms. The summed E-state index contributed by atoms with van der Waals surface area (Å²) in [5.41, 5.74) is 0.397. The van der Waals surface area contributed by atoms with Crippen molar-refractivity contribution in [1.82, 2.24) is 0 Å². The first-order valence-electron chi connectivity index (χ1n) is 9.52. The summed E-state index contributed by atoms with van der Waals surface area (Å²) in [5, 5.41) is 0. The maximum absolute atomic E-state index is 12.1. The fourth-order valence-electron chi connectivity index (χ4n) is 7.26. The molecule has 128 valence electrons. The summed E-state index contributed by atoms with van der Waals surface area (Å²) in [6.45, 7) is 7.18. The van der Waals surface area contributed by atoms with Gasteiger partial charge in [-0.1, -0.05) is 13.8 Å². The maximum Gasteiger partial charge on any atom is 0.306 e. The topological polar surface area (TPSA) is 43.4 Å². The number of ether oxygens (including phenoxy) is 1. The molecule has 23 heavy (non-hydrogen) atoms. The molecule has 1 saturated heterocycles. The monoisotopic (exact) mass is 318 g/mol. The molecule has 3 saturated carbocycles. The average molecular weight is 318 g/mol. The molecule has 0 aromatic rings. The van der Waals surface area contributed by atoms with Crippen LogP contribution >= 0.6 is 0 Å². The average Bonchev–Trinajstić information content (AvgIpc) is 2.85. The molecule has 0 bridgehead atoms. The summed E-state index contributed by atoms with van der Waals surface area (Å²) >= 11 is 0. The van der Waals surface area contributed by atoms with Gasteiger partial charge in [-0.15, -0.1) is 0 Å². The summed E-state index contributed by atoms with van der Waals surface area (Å²) < 4.78 is 5.50. The van der Waals surface area contributed by atoms with Crippen molar-refractivity contribution in [3.8, 4) is 0 Å². The number of hydrogen-bond donors (Lipinski definition) is 0. The molecule has 4 fully saturated rings. The van der Waals surface area contributed by atoms with Crippen molar-refractivity contribution in [2.24, 2.45) is 40.4 Å². The third-order valence-electron chi connectivity index (χ3n) is 8.51. The minimum atomic E-state index is 0.00378. The Morgan fingerprint density at radius 3 is 2.52 bits per heavy atom. The lowest BCUT2D eigenvalue weighted by molar-refractivity contribution is -0.181. The van der Waals surface area contributed by atoms with Crippen LogP contribution in [0.4, 0.5) is 0 Å². The van der Waals surface area contributed by atoms with Gasteiger partial charge < -0.3 is 4.74 Å². The number of ketones is 1. The highest BCUT2D eigenvalue weighted by atomic mass is 16.5. The van der Waals surface area contributed by atoms with Gasteiger partial charge >= 0.3 is 5.97 Å². The molecule has 0 aromatic carbocycles. The summed E-state index contributed by atoms with van der Waals surface area (Å²) in [6, 6.07) is 0. The molecule has 3 nitrogen and oxygen atoms in total. The molecule has 4 rings (SSSR count). The predicted molar refractivity (Wildman–Crippen MR) is 87.6 cm³/mol. The molecule has 7 atom stereocenters. The zero-order chi connectivity index (χ0) is 16.4. The van der Waals surface area contributed by atoms with Crippen LogP contribution in [0, 0.1) is 40.4 Å². The third kappa shape index (κ3) is 2.07. The Bertz CT molecular complexity index is 541. The summed E-state index contributed by atoms with van der Waals surface area (Å²) in [6.07, 6.45) is 7.76. The second-order valence-corrected chi connectivity index (χ2v) is 9.31. The third-order valence-corrected chi connectivity index (χ3v) is 8.51. The second-order valence-electron chi connectivity index (χ2n) is 9.31. The Morgan fingerprint density at radius 2 is 1.78 bits per heavy atom. The smallest absolute Gasteiger partial charge is 0.306 e. The summed E-state index contributed by atoms with van der Waals surface area (Å²) in [4.78, 5) is 23.8. The van der Waals surface area contributed by atoms with E-state index in [9.17, 15) is 9.59 Å². The van der Waals surface area contributed by atoms with Crippen LogP contribution in [0.2, 0.25) is 0 Å². The van der Waals surface area contributed by atoms with Gasteiger partial charge in [-0.05, 0) is 74.5 Å². The van der Waals surface area contributed by atoms with E-state index in [0.29, 0.717) is 36.6 Å². The minimum absolute atomic E-state index is 0.00378. The summed E-state index contributed by atoms with van der Waals surface area (Å²) in [7, 11) is 0. The van der Waals surface area contributed by atoms with Gasteiger partial charge in [0.1, 0.15) is 5.78 Å². The lowest BCUT2D eigenvalue weighted by atomic mass is 9.46. The standard InChI is InChI=1S/C20H30O3/c1-12(21)15-6-7-16-14-5-4-13-10-18(22)23-11-20(13,3)17(14)8-9-19(15,16)2/h13-17H,4-11H2,1-3H3/t13?,14-,15+,16-,17-,19+,20-/m0/s1. The fourth-order valence-corrected chi connectivity index (χ4v) is 7.26. The van der Waals surface area contributed by atoms with Crippen molar-refractivity contribution >= 4 is 11.8 Å². The van der Waals surface area contributed by atoms with Crippen LogP contribution in [0.3, 0.4) is 0 Å². The van der Waals surface area contributed by atoms with Crippen molar-refractivity contribution in [2.75, 3.05) is 6.61 Å². The quantitative estimate of drug-likeness (QED) is 0.686. The molecule has 1 unspecified atom stereocenters. The van der Waals surface area contributed by atoms with E-state index in [1.807, 2.05) is 0 Å². The van der Waals surface area contributed by atoms with Crippen molar-refractivity contribution in [2.45, 2.75) is 65.7 Å². The molecule has 1 aliphatic heterocycles. The lowest BCUT2D eigenvalue weighted by Gasteiger charge is -2.59. The first kappa shape index (κ1) is 15.7. The van der Waals surface area contributed by atoms with Crippen LogP contribution in [0.25, 0.3) is 0 Å². The van der Waals surface area contributed by atoms with E-state index in [0.717, 1.165) is 12.3 Å². The second kappa shape index (κ2) is 5.07. The van der Waals surface area contributed by atoms with Gasteiger partial charge in [0.05, 0.1) is 6.61 Å². The Labute approximate surface area is 139 Å². The first-order chi connectivity index (χ1) is 10.9. The van der Waals surface area contributed by atoms with Gasteiger partial charge in [-0.25, -0.2) is 0 Å². The van der Waals surface area contributed by atoms with Gasteiger partial charge in [0.15, 0.2) is 0 Å². The molecule has 3 aliphatic carbocycles. The van der Waals surface area contributed by atoms with E-state index in [4.69, 9.17) is 4.74 Å². The van der Waals surface area contributed by atoms with Crippen LogP contribution in [0.1, 0.15) is 65.7 Å². The normalized spacial score (nSPS) is 52.1. The van der Waals surface area contributed by atoms with E-state index in [2.05, 4.69) is 13.8 Å². The Morgan fingerprint density at radius 1 is 1.04 bits per heavy atom. The molecule has 0 aromatic heterocycles. The van der Waals surface area contributed by atoms with Crippen LogP contribution in [-0.2, 0) is 14.3 Å². The Kier molecular flexibility index (Phi) is 3.45. The van der Waals surface area contributed by atoms with E-state index in [1.165, 1.54) is 32.1 Å². The van der Waals surface area contributed by atoms with Crippen LogP contribution < -0.4 is 0 Å². The molecular formula is C20H30O3. The molecule has 0 N–H and O–H groups in total. The molecule has 0 radical (unpaired) electrons. The Balaban J connectivity index is 1.63. The van der Waals surface area contributed by atoms with Crippen molar-refractivity contribution < 1.29 is 14.3 Å². The number of hydrogen-bond acceptors (Lipinski definition) is 3. The molecule has 1 heterocycles. The highest BCUT2D eigenvalue weighted by Gasteiger charge is 2.61. The number of Topliss-reactive ketones (excluding diaryl/α,β-unsaturated/α-hetero) is 1. The predicted octanol–water partition coefficient (Wildman–Crippen LogP) is 4.00. The highest BCUT2D eigenvalue weighted by molar-refractivity contribution is 5.79. The van der Waals surface area contributed by atoms with E-state index >= 15 is 0 Å². The van der Waals surface area contributed by atoms with Gasteiger partial charge in [-0.3, -0.25) is 9.59 Å². The number of esters is 1. The highest BCUT2D eigenvalue weighted by Crippen LogP contribution is 2.66. The number of fused-ring (bicyclic) bond motifs is 5. The zero-order valence-electron chi connectivity index (χ0n) is 14.8. The molecule has 4 aliphatic rings. The van der Waals surface area contributed by atoms with Crippen molar-refractivity contribution in [3.05, 3.63) is 0 Å². The fraction of sp³-hybridized carbons (Fsp3) is 0.900. The maximum atomic E-state index is 12.1. The number of carbonyl (C=O) groups excluding carboxylic acids is 2. The molecule has 3 heteroatoms. The van der Waals surface area contributed by atoms with E-state index < -0.39 is 0 Å². The number of rotatable bonds is 1. The molecular weight excluding hydrogens is 288 g/mol. The lowest BCUT2D eigenvalue weighted by Crippen LogP contribution is -2.56. The van der Waals surface area contributed by atoms with Crippen LogP contribution in [-0.4, -0.2) is 18.4 Å². The van der Waals surface area contributed by atoms with Gasteiger partial charge in [0, 0.05) is 17.8 Å². The zero-order valence-corrected chi connectivity index (χ0v) is 14.8. The number of carbonyl (C=O) groups is 2. The number of cyclic esters (lactones) is 1. The van der Waals surface area contributed by atoms with Gasteiger partial charge in [0.2, 0.25) is 0 Å². The SMILES string of the molecule is CC(=O)[C@H]1CC[C@H]2[C@@H]3CCC4CC(=O)OC[C@]4(C)[C@H]3CC[C@]12C. The van der Waals surface area contributed by atoms with Crippen LogP contribution in [0.5, 0.6) is 0 Å². The summed E-state index contributed by atoms with van der Waals surface area (Å²) in [5.74, 6) is 3.31. The molecule has 0 amide bonds. The minimum Gasteiger partial charge on any atom is -0.465 e. The van der Waals surface area contributed by atoms with Crippen LogP contribution in [0.15, 0.2) is 0 Å². The van der Waals surface area contributed by atoms with E-state index in [-0.39, 0.29) is 22.7 Å². The van der Waals surface area contributed by atoms with Gasteiger partial charge in [-0.2, -0.15) is 0 Å². The van der Waals surface area contributed by atoms with E-state index in [1.54, 1.807) is 6.92 Å². The largest absolute Gasteiger partial charge is 0.465 e. The van der Waals surface area contributed by atoms with Crippen molar-refractivity contribution in [1.29, 1.82) is 0 Å². The van der Waals surface area contributed by atoms with Crippen molar-refractivity contribution in [3.63, 3.8) is 0 Å². The van der Waals surface area contributed by atoms with Gasteiger partial charge in [0.25, 0.3) is 0 Å².